The van der Waals surface area contributed by atoms with Gasteiger partial charge in [-0.25, -0.2) is 0 Å². The summed E-state index contributed by atoms with van der Waals surface area (Å²) in [5.41, 5.74) is 8.97. The van der Waals surface area contributed by atoms with Crippen LogP contribution in [-0.2, 0) is 10.8 Å². The molecule has 0 N–H and O–H groups in total. The van der Waals surface area contributed by atoms with Gasteiger partial charge in [0.2, 0.25) is 0 Å². The smallest absolute Gasteiger partial charge is 0.197 e. The van der Waals surface area contributed by atoms with Gasteiger partial charge in [-0.3, -0.25) is 9.59 Å². The Morgan fingerprint density at radius 2 is 0.696 bits per heavy atom. The van der Waals surface area contributed by atoms with Gasteiger partial charge in [-0.05, 0) is 195 Å². The summed E-state index contributed by atoms with van der Waals surface area (Å²) in [7, 11) is 0. The van der Waals surface area contributed by atoms with Crippen molar-refractivity contribution in [2.75, 3.05) is 0 Å². The first-order valence-corrected chi connectivity index (χ1v) is 21.7. The number of hydrogen-bond acceptors (Lipinski definition) is 2. The van der Waals surface area contributed by atoms with Crippen LogP contribution in [0.5, 0.6) is 0 Å². The summed E-state index contributed by atoms with van der Waals surface area (Å²) in [6.45, 7) is 0. The summed E-state index contributed by atoms with van der Waals surface area (Å²) in [4.78, 5) is 29.1. The number of para-hydroxylation sites is 2. The lowest BCUT2D eigenvalue weighted by atomic mass is 9.48. The third-order valence-electron chi connectivity index (χ3n) is 16.4. The number of fused-ring (bicyclic) bond motifs is 4. The number of pyridine rings is 2. The molecule has 0 unspecified atom stereocenters. The molecule has 4 nitrogen and oxygen atoms in total. The van der Waals surface area contributed by atoms with E-state index in [1.807, 2.05) is 48.5 Å². The van der Waals surface area contributed by atoms with Crippen molar-refractivity contribution in [3.05, 3.63) is 141 Å². The standard InChI is InChI=1S/C52H48N2O2/c55-49-41-5-1-3-7-45(41)53(39-13-9-37(10-14-39)51-25-31-17-32(26-51)19-33(18-31)27-51)47-24-44-48(23-43(47)49)54(46-8-4-2-6-42(46)50(44)56)40-15-11-38(12-16-40)52-28-34-20-35(29-52)22-36(21-34)30-52/h1-16,23-24,31-36H,17-22,25-30H2. The molecule has 278 valence electrons. The minimum atomic E-state index is 0.00302. The van der Waals surface area contributed by atoms with E-state index in [0.717, 1.165) is 68.9 Å². The molecule has 2 aromatic heterocycles. The van der Waals surface area contributed by atoms with Crippen LogP contribution in [0.1, 0.15) is 88.2 Å². The number of rotatable bonds is 4. The first-order chi connectivity index (χ1) is 27.4. The van der Waals surface area contributed by atoms with Gasteiger partial charge in [0.05, 0.1) is 22.1 Å². The Labute approximate surface area is 327 Å². The first kappa shape index (κ1) is 32.2. The zero-order valence-corrected chi connectivity index (χ0v) is 32.1. The van der Waals surface area contributed by atoms with E-state index in [9.17, 15) is 9.59 Å². The van der Waals surface area contributed by atoms with Crippen molar-refractivity contribution < 1.29 is 0 Å². The van der Waals surface area contributed by atoms with Gasteiger partial charge in [-0.1, -0.05) is 48.5 Å². The van der Waals surface area contributed by atoms with Gasteiger partial charge >= 0.3 is 0 Å². The molecule has 2 heterocycles. The van der Waals surface area contributed by atoms with Gasteiger partial charge in [-0.15, -0.1) is 0 Å². The third kappa shape index (κ3) is 4.47. The molecule has 5 aromatic carbocycles. The molecule has 0 spiro atoms. The lowest BCUT2D eigenvalue weighted by Crippen LogP contribution is -2.48. The highest BCUT2D eigenvalue weighted by molar-refractivity contribution is 6.05. The summed E-state index contributed by atoms with van der Waals surface area (Å²) in [5, 5.41) is 2.66. The summed E-state index contributed by atoms with van der Waals surface area (Å²) in [5.74, 6) is 5.34. The van der Waals surface area contributed by atoms with Gasteiger partial charge in [-0.2, -0.15) is 0 Å². The fourth-order valence-corrected chi connectivity index (χ4v) is 15.0. The highest BCUT2D eigenvalue weighted by Gasteiger charge is 2.52. The molecule has 8 bridgehead atoms. The van der Waals surface area contributed by atoms with Crippen LogP contribution in [-0.4, -0.2) is 9.13 Å². The molecule has 8 fully saturated rings. The van der Waals surface area contributed by atoms with Gasteiger partial charge in [0.1, 0.15) is 0 Å². The molecule has 56 heavy (non-hydrogen) atoms. The number of nitrogens with zero attached hydrogens (tertiary/aromatic N) is 2. The molecule has 8 saturated carbocycles. The second-order valence-electron chi connectivity index (χ2n) is 19.7. The Morgan fingerprint density at radius 1 is 0.375 bits per heavy atom. The van der Waals surface area contributed by atoms with E-state index >= 15 is 0 Å². The van der Waals surface area contributed by atoms with Crippen molar-refractivity contribution in [2.24, 2.45) is 35.5 Å². The SMILES string of the molecule is O=c1c2ccccc2n(-c2ccc(C34CC5CC(CC(C5)C3)C4)cc2)c2cc3c(=O)c4ccccc4n(-c4ccc(C56CC7CC(CC(C7)C5)C6)cc4)c3cc12. The maximum atomic E-state index is 14.6. The number of benzene rings is 5. The van der Waals surface area contributed by atoms with Gasteiger partial charge < -0.3 is 9.13 Å². The van der Waals surface area contributed by atoms with Crippen molar-refractivity contribution >= 4 is 43.6 Å². The van der Waals surface area contributed by atoms with Gasteiger partial charge in [0.25, 0.3) is 0 Å². The van der Waals surface area contributed by atoms with Crippen molar-refractivity contribution in [1.82, 2.24) is 9.13 Å². The van der Waals surface area contributed by atoms with E-state index in [2.05, 4.69) is 69.8 Å². The maximum absolute atomic E-state index is 14.6. The van der Waals surface area contributed by atoms with Crippen molar-refractivity contribution in [3.63, 3.8) is 0 Å². The van der Waals surface area contributed by atoms with Crippen LogP contribution in [0, 0.1) is 35.5 Å². The maximum Gasteiger partial charge on any atom is 0.197 e. The molecule has 7 aromatic rings. The van der Waals surface area contributed by atoms with Crippen LogP contribution in [0.25, 0.3) is 55.0 Å². The summed E-state index contributed by atoms with van der Waals surface area (Å²) in [6, 6.07) is 38.7. The molecule has 0 aliphatic heterocycles. The molecule has 0 radical (unpaired) electrons. The lowest BCUT2D eigenvalue weighted by molar-refractivity contribution is -0.00530. The molecule has 4 heteroatoms. The largest absolute Gasteiger partial charge is 0.309 e. The first-order valence-electron chi connectivity index (χ1n) is 21.7. The van der Waals surface area contributed by atoms with E-state index in [1.165, 1.54) is 88.2 Å². The molecule has 0 saturated heterocycles. The zero-order valence-electron chi connectivity index (χ0n) is 32.1. The van der Waals surface area contributed by atoms with E-state index in [4.69, 9.17) is 0 Å². The Hall–Kier alpha value is -4.96. The quantitative estimate of drug-likeness (QED) is 0.169. The van der Waals surface area contributed by atoms with Crippen LogP contribution >= 0.6 is 0 Å². The Morgan fingerprint density at radius 3 is 1.04 bits per heavy atom. The monoisotopic (exact) mass is 732 g/mol. The van der Waals surface area contributed by atoms with E-state index in [1.54, 1.807) is 0 Å². The highest BCUT2D eigenvalue weighted by atomic mass is 16.1. The van der Waals surface area contributed by atoms with Crippen LogP contribution in [0.15, 0.2) is 119 Å². The number of aromatic nitrogens is 2. The molecule has 0 atom stereocenters. The topological polar surface area (TPSA) is 44.0 Å². The molecular weight excluding hydrogens is 685 g/mol. The Bertz CT molecular complexity index is 2640. The van der Waals surface area contributed by atoms with E-state index in [0.29, 0.717) is 32.4 Å². The average molecular weight is 733 g/mol. The zero-order chi connectivity index (χ0) is 36.9. The molecular formula is C52H48N2O2. The Balaban J connectivity index is 1.00. The normalized spacial score (nSPS) is 31.4. The fourth-order valence-electron chi connectivity index (χ4n) is 15.0. The highest BCUT2D eigenvalue weighted by Crippen LogP contribution is 2.62. The van der Waals surface area contributed by atoms with Crippen LogP contribution in [0.2, 0.25) is 0 Å². The van der Waals surface area contributed by atoms with Crippen molar-refractivity contribution in [1.29, 1.82) is 0 Å². The number of hydrogen-bond donors (Lipinski definition) is 0. The van der Waals surface area contributed by atoms with E-state index < -0.39 is 0 Å². The lowest BCUT2D eigenvalue weighted by Gasteiger charge is -2.57. The van der Waals surface area contributed by atoms with Gasteiger partial charge in [0.15, 0.2) is 10.9 Å². The summed E-state index contributed by atoms with van der Waals surface area (Å²) < 4.78 is 4.46. The van der Waals surface area contributed by atoms with Crippen LogP contribution < -0.4 is 10.9 Å². The predicted octanol–water partition coefficient (Wildman–Crippen LogP) is 11.5. The second-order valence-corrected chi connectivity index (χ2v) is 19.7. The molecule has 0 amide bonds. The van der Waals surface area contributed by atoms with Gasteiger partial charge in [0, 0.05) is 32.9 Å². The predicted molar refractivity (Wildman–Crippen MR) is 227 cm³/mol. The summed E-state index contributed by atoms with van der Waals surface area (Å²) in [6.07, 6.45) is 16.6. The summed E-state index contributed by atoms with van der Waals surface area (Å²) >= 11 is 0. The minimum Gasteiger partial charge on any atom is -0.309 e. The van der Waals surface area contributed by atoms with Crippen LogP contribution in [0.3, 0.4) is 0 Å². The molecule has 15 rings (SSSR count). The van der Waals surface area contributed by atoms with Crippen LogP contribution in [0.4, 0.5) is 0 Å². The second kappa shape index (κ2) is 11.3. The van der Waals surface area contributed by atoms with E-state index in [-0.39, 0.29) is 10.9 Å². The fraction of sp³-hybridized carbons (Fsp3) is 0.385. The molecule has 8 aliphatic carbocycles. The minimum absolute atomic E-state index is 0.00302. The third-order valence-corrected chi connectivity index (χ3v) is 16.4. The molecule has 8 aliphatic rings. The Kier molecular flexibility index (Phi) is 6.51. The van der Waals surface area contributed by atoms with Crippen molar-refractivity contribution in [3.8, 4) is 11.4 Å². The van der Waals surface area contributed by atoms with Crippen molar-refractivity contribution in [2.45, 2.75) is 87.9 Å². The average Bonchev–Trinajstić information content (AvgIpc) is 3.20.